The molecule has 182 valence electrons. The van der Waals surface area contributed by atoms with Crippen LogP contribution in [0.2, 0.25) is 0 Å². The van der Waals surface area contributed by atoms with Crippen LogP contribution in [0.3, 0.4) is 0 Å². The lowest BCUT2D eigenvalue weighted by molar-refractivity contribution is 0.0957. The van der Waals surface area contributed by atoms with Crippen LogP contribution < -0.4 is 10.1 Å². The smallest absolute Gasteiger partial charge is 0.255 e. The molecule has 2 aliphatic heterocycles. The highest BCUT2D eigenvalue weighted by Gasteiger charge is 2.26. The minimum atomic E-state index is -0.107. The molecule has 7 heteroatoms. The Balaban J connectivity index is 1.23. The van der Waals surface area contributed by atoms with E-state index in [9.17, 15) is 4.79 Å². The molecule has 1 fully saturated rings. The SMILES string of the molecule is O=C1NCCOc2cc(-c3n[nH]c4ncc(-c5ccc6c(c5)CC(N5CCCC5)CC6)cc34)ccc21. The first kappa shape index (κ1) is 21.6. The normalized spacial score (nSPS) is 19.9. The molecular weight excluding hydrogens is 450 g/mol. The predicted octanol–water partition coefficient (Wildman–Crippen LogP) is 4.37. The second-order valence-corrected chi connectivity index (χ2v) is 10.1. The third kappa shape index (κ3) is 3.75. The number of nitrogens with one attached hydrogen (secondary N) is 2. The van der Waals surface area contributed by atoms with E-state index in [1.807, 2.05) is 24.4 Å². The van der Waals surface area contributed by atoms with Gasteiger partial charge in [0.25, 0.3) is 5.91 Å². The lowest BCUT2D eigenvalue weighted by Crippen LogP contribution is -2.37. The summed E-state index contributed by atoms with van der Waals surface area (Å²) in [6.45, 7) is 3.46. The summed E-state index contributed by atoms with van der Waals surface area (Å²) in [5, 5.41) is 11.4. The predicted molar refractivity (Wildman–Crippen MR) is 139 cm³/mol. The van der Waals surface area contributed by atoms with E-state index in [-0.39, 0.29) is 5.91 Å². The van der Waals surface area contributed by atoms with Crippen molar-refractivity contribution in [3.8, 4) is 28.1 Å². The van der Waals surface area contributed by atoms with E-state index in [0.29, 0.717) is 30.5 Å². The van der Waals surface area contributed by atoms with Gasteiger partial charge in [-0.25, -0.2) is 4.98 Å². The van der Waals surface area contributed by atoms with Crippen LogP contribution in [0.25, 0.3) is 33.4 Å². The number of carbonyl (C=O) groups is 1. The second kappa shape index (κ2) is 8.75. The minimum Gasteiger partial charge on any atom is -0.491 e. The fraction of sp³-hybridized carbons (Fsp3) is 0.345. The van der Waals surface area contributed by atoms with Crippen molar-refractivity contribution in [1.82, 2.24) is 25.4 Å². The second-order valence-electron chi connectivity index (χ2n) is 10.1. The number of nitrogens with zero attached hydrogens (tertiary/aromatic N) is 3. The molecule has 3 aliphatic rings. The Labute approximate surface area is 209 Å². The number of benzene rings is 2. The third-order valence-corrected chi connectivity index (χ3v) is 7.96. The van der Waals surface area contributed by atoms with Crippen molar-refractivity contribution in [2.45, 2.75) is 38.1 Å². The molecule has 4 aromatic rings. The maximum Gasteiger partial charge on any atom is 0.255 e. The van der Waals surface area contributed by atoms with Crippen molar-refractivity contribution in [3.05, 3.63) is 65.4 Å². The monoisotopic (exact) mass is 479 g/mol. The average molecular weight is 480 g/mol. The van der Waals surface area contributed by atoms with E-state index < -0.39 is 0 Å². The molecule has 0 saturated carbocycles. The number of rotatable bonds is 3. The molecule has 7 nitrogen and oxygen atoms in total. The van der Waals surface area contributed by atoms with Crippen LogP contribution in [-0.4, -0.2) is 58.3 Å². The van der Waals surface area contributed by atoms with Crippen molar-refractivity contribution in [1.29, 1.82) is 0 Å². The number of pyridine rings is 1. The third-order valence-electron chi connectivity index (χ3n) is 7.96. The molecule has 1 aliphatic carbocycles. The van der Waals surface area contributed by atoms with Gasteiger partial charge in [-0.3, -0.25) is 9.89 Å². The number of H-pyrrole nitrogens is 1. The molecule has 2 aromatic carbocycles. The zero-order valence-corrected chi connectivity index (χ0v) is 20.2. The summed E-state index contributed by atoms with van der Waals surface area (Å²) in [6.07, 6.45) is 8.18. The number of aromatic nitrogens is 3. The lowest BCUT2D eigenvalue weighted by atomic mass is 9.85. The van der Waals surface area contributed by atoms with E-state index >= 15 is 0 Å². The number of amides is 1. The molecule has 7 rings (SSSR count). The van der Waals surface area contributed by atoms with Crippen LogP contribution in [0, 0.1) is 0 Å². The molecule has 0 spiro atoms. The Hall–Kier alpha value is -3.71. The molecule has 1 saturated heterocycles. The quantitative estimate of drug-likeness (QED) is 0.456. The number of fused-ring (bicyclic) bond motifs is 3. The fourth-order valence-corrected chi connectivity index (χ4v) is 6.01. The first-order chi connectivity index (χ1) is 17.7. The minimum absolute atomic E-state index is 0.107. The highest BCUT2D eigenvalue weighted by atomic mass is 16.5. The standard InChI is InChI=1S/C29H29N5O2/c35-29-24-8-6-20(16-26(24)36-12-9-30-29)27-25-15-22(17-31-28(25)33-32-27)19-4-3-18-5-7-23(14-21(18)13-19)34-10-1-2-11-34/h3-4,6,8,13,15-17,23H,1-2,5,7,9-12,14H2,(H,30,35)(H,31,32,33). The number of aryl methyl sites for hydroxylation is 1. The first-order valence-corrected chi connectivity index (χ1v) is 13.0. The number of ether oxygens (including phenoxy) is 1. The molecule has 1 atom stereocenters. The van der Waals surface area contributed by atoms with Gasteiger partial charge in [0.05, 0.1) is 12.1 Å². The molecule has 2 N–H and O–H groups in total. The van der Waals surface area contributed by atoms with E-state index in [1.54, 1.807) is 0 Å². The Bertz CT molecular complexity index is 1470. The molecule has 1 unspecified atom stereocenters. The number of aromatic amines is 1. The molecule has 36 heavy (non-hydrogen) atoms. The van der Waals surface area contributed by atoms with E-state index in [1.165, 1.54) is 55.5 Å². The first-order valence-electron chi connectivity index (χ1n) is 13.0. The van der Waals surface area contributed by atoms with E-state index in [4.69, 9.17) is 4.74 Å². The summed E-state index contributed by atoms with van der Waals surface area (Å²) < 4.78 is 5.82. The van der Waals surface area contributed by atoms with Gasteiger partial charge in [0.15, 0.2) is 5.65 Å². The highest BCUT2D eigenvalue weighted by molar-refractivity contribution is 5.99. The molecule has 0 radical (unpaired) electrons. The summed E-state index contributed by atoms with van der Waals surface area (Å²) >= 11 is 0. The molecule has 4 heterocycles. The van der Waals surface area contributed by atoms with Crippen molar-refractivity contribution >= 4 is 16.9 Å². The maximum absolute atomic E-state index is 12.3. The number of hydrogen-bond donors (Lipinski definition) is 2. The topological polar surface area (TPSA) is 83.1 Å². The van der Waals surface area contributed by atoms with Crippen LogP contribution in [0.5, 0.6) is 5.75 Å². The van der Waals surface area contributed by atoms with Crippen LogP contribution >= 0.6 is 0 Å². The van der Waals surface area contributed by atoms with Gasteiger partial charge in [-0.2, -0.15) is 5.10 Å². The summed E-state index contributed by atoms with van der Waals surface area (Å²) in [5.74, 6) is 0.481. The van der Waals surface area contributed by atoms with E-state index in [0.717, 1.165) is 34.3 Å². The number of carbonyl (C=O) groups excluding carboxylic acids is 1. The van der Waals surface area contributed by atoms with Crippen LogP contribution in [-0.2, 0) is 12.8 Å². The summed E-state index contributed by atoms with van der Waals surface area (Å²) in [5.41, 5.74) is 8.24. The average Bonchev–Trinajstić information content (AvgIpc) is 3.57. The van der Waals surface area contributed by atoms with Gasteiger partial charge in [0.2, 0.25) is 0 Å². The Morgan fingerprint density at radius 2 is 1.86 bits per heavy atom. The molecule has 0 bridgehead atoms. The Kier molecular flexibility index (Phi) is 5.24. The molecule has 1 amide bonds. The van der Waals surface area contributed by atoms with Crippen molar-refractivity contribution in [2.75, 3.05) is 26.2 Å². The maximum atomic E-state index is 12.3. The van der Waals surface area contributed by atoms with Crippen molar-refractivity contribution in [3.63, 3.8) is 0 Å². The van der Waals surface area contributed by atoms with Crippen LogP contribution in [0.4, 0.5) is 0 Å². The largest absolute Gasteiger partial charge is 0.491 e. The highest BCUT2D eigenvalue weighted by Crippen LogP contribution is 2.34. The van der Waals surface area contributed by atoms with Gasteiger partial charge in [-0.1, -0.05) is 24.3 Å². The Morgan fingerprint density at radius 3 is 2.78 bits per heavy atom. The molecular formula is C29H29N5O2. The number of likely N-dealkylation sites (tertiary alicyclic amines) is 1. The summed E-state index contributed by atoms with van der Waals surface area (Å²) in [7, 11) is 0. The van der Waals surface area contributed by atoms with Gasteiger partial charge < -0.3 is 15.0 Å². The lowest BCUT2D eigenvalue weighted by Gasteiger charge is -2.32. The van der Waals surface area contributed by atoms with Crippen LogP contribution in [0.1, 0.15) is 40.7 Å². The summed E-state index contributed by atoms with van der Waals surface area (Å²) in [6, 6.07) is 15.4. The van der Waals surface area contributed by atoms with Gasteiger partial charge in [-0.05, 0) is 80.1 Å². The molecule has 2 aromatic heterocycles. The van der Waals surface area contributed by atoms with Crippen LogP contribution in [0.15, 0.2) is 48.7 Å². The van der Waals surface area contributed by atoms with Gasteiger partial charge in [0, 0.05) is 28.8 Å². The van der Waals surface area contributed by atoms with Crippen molar-refractivity contribution < 1.29 is 9.53 Å². The van der Waals surface area contributed by atoms with Gasteiger partial charge >= 0.3 is 0 Å². The zero-order chi connectivity index (χ0) is 24.1. The van der Waals surface area contributed by atoms with Gasteiger partial charge in [-0.15, -0.1) is 0 Å². The zero-order valence-electron chi connectivity index (χ0n) is 20.2. The van der Waals surface area contributed by atoms with Crippen molar-refractivity contribution in [2.24, 2.45) is 0 Å². The Morgan fingerprint density at radius 1 is 0.972 bits per heavy atom. The summed E-state index contributed by atoms with van der Waals surface area (Å²) in [4.78, 5) is 19.7. The van der Waals surface area contributed by atoms with E-state index in [2.05, 4.69) is 49.7 Å². The fourth-order valence-electron chi connectivity index (χ4n) is 6.01. The van der Waals surface area contributed by atoms with Gasteiger partial charge in [0.1, 0.15) is 18.1 Å². The number of hydrogen-bond acceptors (Lipinski definition) is 5.